The normalized spacial score (nSPS) is 19.7. The Bertz CT molecular complexity index is 830. The molecule has 2 amide bonds. The van der Waals surface area contributed by atoms with Crippen molar-refractivity contribution < 1.29 is 14.3 Å². The Balaban J connectivity index is 1.72. The molecule has 0 aliphatic carbocycles. The van der Waals surface area contributed by atoms with Crippen molar-refractivity contribution in [2.45, 2.75) is 19.4 Å². The number of imidazole rings is 1. The molecular formula is C19H24N4O3. The fourth-order valence-corrected chi connectivity index (χ4v) is 3.47. The van der Waals surface area contributed by atoms with Crippen molar-refractivity contribution in [1.29, 1.82) is 0 Å². The maximum absolute atomic E-state index is 12.5. The number of nitrogens with zero attached hydrogens (tertiary/aromatic N) is 3. The van der Waals surface area contributed by atoms with Gasteiger partial charge in [-0.3, -0.25) is 9.59 Å². The Kier molecular flexibility index (Phi) is 4.97. The van der Waals surface area contributed by atoms with Crippen LogP contribution >= 0.6 is 0 Å². The number of hydrogen-bond donors (Lipinski definition) is 1. The van der Waals surface area contributed by atoms with Gasteiger partial charge in [0.05, 0.1) is 13.2 Å². The number of aromatic nitrogens is 2. The van der Waals surface area contributed by atoms with E-state index in [9.17, 15) is 9.59 Å². The van der Waals surface area contributed by atoms with Crippen LogP contribution in [0.25, 0.3) is 0 Å². The van der Waals surface area contributed by atoms with E-state index in [1.807, 2.05) is 30.8 Å². The molecular weight excluding hydrogens is 332 g/mol. The minimum absolute atomic E-state index is 0.0232. The minimum atomic E-state index is -0.177. The number of nitrogens with one attached hydrogen (secondary N) is 1. The summed E-state index contributed by atoms with van der Waals surface area (Å²) in [7, 11) is 5.28. The van der Waals surface area contributed by atoms with Gasteiger partial charge in [-0.25, -0.2) is 4.98 Å². The van der Waals surface area contributed by atoms with Gasteiger partial charge in [-0.05, 0) is 24.6 Å². The topological polar surface area (TPSA) is 76.5 Å². The summed E-state index contributed by atoms with van der Waals surface area (Å²) in [6, 6.07) is 5.22. The maximum atomic E-state index is 12.5. The first kappa shape index (κ1) is 18.0. The molecule has 2 atom stereocenters. The van der Waals surface area contributed by atoms with Crippen LogP contribution in [0.1, 0.15) is 34.2 Å². The first-order valence-electron chi connectivity index (χ1n) is 8.58. The van der Waals surface area contributed by atoms with E-state index in [2.05, 4.69) is 10.3 Å². The van der Waals surface area contributed by atoms with E-state index in [0.29, 0.717) is 24.3 Å². The van der Waals surface area contributed by atoms with Crippen LogP contribution in [0.2, 0.25) is 0 Å². The van der Waals surface area contributed by atoms with Crippen molar-refractivity contribution in [3.05, 3.63) is 47.5 Å². The molecule has 138 valence electrons. The molecule has 1 N–H and O–H groups in total. The molecule has 0 saturated carbocycles. The summed E-state index contributed by atoms with van der Waals surface area (Å²) in [6.07, 6.45) is 3.98. The lowest BCUT2D eigenvalue weighted by molar-refractivity contribution is -0.127. The average Bonchev–Trinajstić information content (AvgIpc) is 3.16. The van der Waals surface area contributed by atoms with Gasteiger partial charge >= 0.3 is 0 Å². The van der Waals surface area contributed by atoms with Crippen molar-refractivity contribution in [3.63, 3.8) is 0 Å². The minimum Gasteiger partial charge on any atom is -0.496 e. The fraction of sp³-hybridized carbons (Fsp3) is 0.421. The number of ether oxygens (including phenoxy) is 1. The van der Waals surface area contributed by atoms with Crippen LogP contribution < -0.4 is 10.1 Å². The average molecular weight is 356 g/mol. The molecule has 1 aromatic carbocycles. The van der Waals surface area contributed by atoms with Gasteiger partial charge in [-0.1, -0.05) is 6.07 Å². The van der Waals surface area contributed by atoms with E-state index < -0.39 is 0 Å². The first-order valence-corrected chi connectivity index (χ1v) is 8.58. The Labute approximate surface area is 153 Å². The molecule has 0 bridgehead atoms. The van der Waals surface area contributed by atoms with Crippen LogP contribution in [0.4, 0.5) is 0 Å². The first-order chi connectivity index (χ1) is 12.4. The van der Waals surface area contributed by atoms with Gasteiger partial charge in [0.15, 0.2) is 0 Å². The van der Waals surface area contributed by atoms with E-state index in [1.54, 1.807) is 37.4 Å². The molecule has 2 heterocycles. The number of amides is 2. The van der Waals surface area contributed by atoms with Gasteiger partial charge in [0.25, 0.3) is 5.91 Å². The molecule has 0 unspecified atom stereocenters. The largest absolute Gasteiger partial charge is 0.496 e. The number of carbonyl (C=O) groups excluding carboxylic acids is 2. The Morgan fingerprint density at radius 1 is 1.38 bits per heavy atom. The van der Waals surface area contributed by atoms with Crippen LogP contribution in [-0.4, -0.2) is 47.0 Å². The molecule has 3 rings (SSSR count). The number of rotatable bonds is 5. The molecule has 7 heteroatoms. The lowest BCUT2D eigenvalue weighted by Crippen LogP contribution is -2.33. The maximum Gasteiger partial charge on any atom is 0.251 e. The van der Waals surface area contributed by atoms with Crippen molar-refractivity contribution in [3.8, 4) is 5.75 Å². The summed E-state index contributed by atoms with van der Waals surface area (Å²) in [6.45, 7) is 2.33. The third-order valence-electron chi connectivity index (χ3n) is 5.01. The van der Waals surface area contributed by atoms with Gasteiger partial charge in [0.1, 0.15) is 11.6 Å². The van der Waals surface area contributed by atoms with Gasteiger partial charge in [0, 0.05) is 50.9 Å². The Morgan fingerprint density at radius 2 is 2.15 bits per heavy atom. The second kappa shape index (κ2) is 7.19. The highest BCUT2D eigenvalue weighted by atomic mass is 16.5. The molecule has 1 aliphatic rings. The van der Waals surface area contributed by atoms with Crippen LogP contribution in [0.15, 0.2) is 30.6 Å². The second-order valence-corrected chi connectivity index (χ2v) is 6.70. The monoisotopic (exact) mass is 356 g/mol. The smallest absolute Gasteiger partial charge is 0.251 e. The number of hydrogen-bond acceptors (Lipinski definition) is 4. The van der Waals surface area contributed by atoms with Crippen LogP contribution in [0.5, 0.6) is 5.75 Å². The SMILES string of the molecule is COc1cc(C(=O)NC[C@@H]2CC(=O)N(C)[C@H]2c2nccn2C)ccc1C. The van der Waals surface area contributed by atoms with Crippen LogP contribution in [0, 0.1) is 12.8 Å². The zero-order valence-electron chi connectivity index (χ0n) is 15.5. The van der Waals surface area contributed by atoms with Crippen molar-refractivity contribution in [1.82, 2.24) is 19.8 Å². The van der Waals surface area contributed by atoms with Crippen LogP contribution in [0.3, 0.4) is 0 Å². The van der Waals surface area contributed by atoms with E-state index in [1.165, 1.54) is 0 Å². The number of aryl methyl sites for hydroxylation is 2. The molecule has 2 aromatic rings. The standard InChI is InChI=1S/C19H24N4O3/c1-12-5-6-13(9-15(12)26-4)19(25)21-11-14-10-16(24)23(3)17(14)18-20-7-8-22(18)2/h5-9,14,17H,10-11H2,1-4H3,(H,21,25)/t14-,17+/m0/s1. The summed E-state index contributed by atoms with van der Waals surface area (Å²) in [4.78, 5) is 30.8. The fourth-order valence-electron chi connectivity index (χ4n) is 3.47. The predicted octanol–water partition coefficient (Wildman–Crippen LogP) is 1.69. The lowest BCUT2D eigenvalue weighted by Gasteiger charge is -2.24. The summed E-state index contributed by atoms with van der Waals surface area (Å²) < 4.78 is 7.19. The molecule has 1 aromatic heterocycles. The van der Waals surface area contributed by atoms with Gasteiger partial charge < -0.3 is 19.5 Å². The zero-order chi connectivity index (χ0) is 18.8. The van der Waals surface area contributed by atoms with E-state index in [4.69, 9.17) is 4.74 Å². The van der Waals surface area contributed by atoms with Crippen molar-refractivity contribution in [2.75, 3.05) is 20.7 Å². The predicted molar refractivity (Wildman–Crippen MR) is 96.9 cm³/mol. The van der Waals surface area contributed by atoms with E-state index >= 15 is 0 Å². The van der Waals surface area contributed by atoms with E-state index in [-0.39, 0.29) is 23.8 Å². The second-order valence-electron chi connectivity index (χ2n) is 6.70. The third-order valence-corrected chi connectivity index (χ3v) is 5.01. The molecule has 0 spiro atoms. The highest BCUT2D eigenvalue weighted by Crippen LogP contribution is 2.35. The summed E-state index contributed by atoms with van der Waals surface area (Å²) >= 11 is 0. The highest BCUT2D eigenvalue weighted by Gasteiger charge is 2.40. The lowest BCUT2D eigenvalue weighted by atomic mass is 9.99. The number of likely N-dealkylation sites (tertiary alicyclic amines) is 1. The Morgan fingerprint density at radius 3 is 2.81 bits per heavy atom. The van der Waals surface area contributed by atoms with Crippen molar-refractivity contribution >= 4 is 11.8 Å². The highest BCUT2D eigenvalue weighted by molar-refractivity contribution is 5.94. The molecule has 1 aliphatic heterocycles. The molecule has 1 fully saturated rings. The molecule has 26 heavy (non-hydrogen) atoms. The number of benzene rings is 1. The molecule has 1 saturated heterocycles. The number of methoxy groups -OCH3 is 1. The third kappa shape index (κ3) is 3.29. The molecule has 7 nitrogen and oxygen atoms in total. The Hall–Kier alpha value is -2.83. The summed E-state index contributed by atoms with van der Waals surface area (Å²) in [5.41, 5.74) is 1.51. The molecule has 0 radical (unpaired) electrons. The zero-order valence-corrected chi connectivity index (χ0v) is 15.5. The summed E-state index contributed by atoms with van der Waals surface area (Å²) in [5.74, 6) is 1.37. The van der Waals surface area contributed by atoms with E-state index in [0.717, 1.165) is 11.4 Å². The summed E-state index contributed by atoms with van der Waals surface area (Å²) in [5, 5.41) is 2.95. The van der Waals surface area contributed by atoms with Gasteiger partial charge in [0.2, 0.25) is 5.91 Å². The van der Waals surface area contributed by atoms with Gasteiger partial charge in [-0.2, -0.15) is 0 Å². The van der Waals surface area contributed by atoms with Crippen molar-refractivity contribution in [2.24, 2.45) is 13.0 Å². The van der Waals surface area contributed by atoms with Crippen LogP contribution in [-0.2, 0) is 11.8 Å². The quantitative estimate of drug-likeness (QED) is 0.884. The van der Waals surface area contributed by atoms with Gasteiger partial charge in [-0.15, -0.1) is 0 Å². The number of carbonyl (C=O) groups is 2.